The lowest BCUT2D eigenvalue weighted by atomic mass is 10.3. The summed E-state index contributed by atoms with van der Waals surface area (Å²) >= 11 is 1.38. The van der Waals surface area contributed by atoms with Gasteiger partial charge in [-0.3, -0.25) is 5.01 Å². The first-order valence-electron chi connectivity index (χ1n) is 4.66. The van der Waals surface area contributed by atoms with Crippen molar-refractivity contribution in [1.29, 1.82) is 0 Å². The summed E-state index contributed by atoms with van der Waals surface area (Å²) in [6.45, 7) is 2.04. The molecule has 0 unspecified atom stereocenters. The van der Waals surface area contributed by atoms with Gasteiger partial charge in [0, 0.05) is 13.2 Å². The van der Waals surface area contributed by atoms with Crippen LogP contribution in [0.2, 0.25) is 0 Å². The standard InChI is InChI=1S/C9H14N4O2S/c1-4-15-8(14)6-5-11-9(16-3)12-7(6)13(2)10/h5H,4,10H2,1-3H3. The van der Waals surface area contributed by atoms with Crippen LogP contribution in [0.4, 0.5) is 5.82 Å². The van der Waals surface area contributed by atoms with Crippen molar-refractivity contribution in [3.63, 3.8) is 0 Å². The molecule has 0 fully saturated rings. The fourth-order valence-electron chi connectivity index (χ4n) is 1.08. The van der Waals surface area contributed by atoms with Gasteiger partial charge in [0.25, 0.3) is 0 Å². The highest BCUT2D eigenvalue weighted by molar-refractivity contribution is 7.98. The van der Waals surface area contributed by atoms with Crippen molar-refractivity contribution in [2.45, 2.75) is 12.1 Å². The Morgan fingerprint density at radius 3 is 2.88 bits per heavy atom. The van der Waals surface area contributed by atoms with Crippen molar-refractivity contribution >= 4 is 23.5 Å². The summed E-state index contributed by atoms with van der Waals surface area (Å²) in [5.41, 5.74) is 0.268. The van der Waals surface area contributed by atoms with Crippen molar-refractivity contribution in [3.8, 4) is 0 Å². The van der Waals surface area contributed by atoms with Crippen LogP contribution in [0.25, 0.3) is 0 Å². The summed E-state index contributed by atoms with van der Waals surface area (Å²) in [4.78, 5) is 19.7. The monoisotopic (exact) mass is 242 g/mol. The summed E-state index contributed by atoms with van der Waals surface area (Å²) in [5.74, 6) is 5.49. The van der Waals surface area contributed by atoms with Crippen molar-refractivity contribution in [1.82, 2.24) is 9.97 Å². The lowest BCUT2D eigenvalue weighted by molar-refractivity contribution is 0.0526. The predicted octanol–water partition coefficient (Wildman–Crippen LogP) is 0.685. The van der Waals surface area contributed by atoms with Gasteiger partial charge in [0.05, 0.1) is 6.61 Å². The SMILES string of the molecule is CCOC(=O)c1cnc(SC)nc1N(C)N. The number of ether oxygens (including phenoxy) is 1. The van der Waals surface area contributed by atoms with Crippen LogP contribution in [0, 0.1) is 0 Å². The van der Waals surface area contributed by atoms with E-state index >= 15 is 0 Å². The second-order valence-electron chi connectivity index (χ2n) is 2.93. The smallest absolute Gasteiger partial charge is 0.343 e. The maximum atomic E-state index is 11.6. The quantitative estimate of drug-likeness (QED) is 0.273. The zero-order valence-electron chi connectivity index (χ0n) is 9.43. The highest BCUT2D eigenvalue weighted by atomic mass is 32.2. The van der Waals surface area contributed by atoms with Crippen LogP contribution in [0.15, 0.2) is 11.4 Å². The van der Waals surface area contributed by atoms with E-state index in [9.17, 15) is 4.79 Å². The molecule has 0 aliphatic carbocycles. The number of thioether (sulfide) groups is 1. The number of rotatable bonds is 4. The molecule has 6 nitrogen and oxygen atoms in total. The Bertz CT molecular complexity index is 384. The van der Waals surface area contributed by atoms with Gasteiger partial charge in [-0.25, -0.2) is 20.6 Å². The van der Waals surface area contributed by atoms with Gasteiger partial charge in [-0.1, -0.05) is 11.8 Å². The molecule has 0 spiro atoms. The van der Waals surface area contributed by atoms with Gasteiger partial charge in [-0.15, -0.1) is 0 Å². The fourth-order valence-corrected chi connectivity index (χ4v) is 1.41. The van der Waals surface area contributed by atoms with E-state index in [1.807, 2.05) is 6.26 Å². The van der Waals surface area contributed by atoms with E-state index in [1.54, 1.807) is 14.0 Å². The predicted molar refractivity (Wildman–Crippen MR) is 62.4 cm³/mol. The van der Waals surface area contributed by atoms with Crippen LogP contribution < -0.4 is 10.9 Å². The number of esters is 1. The molecule has 16 heavy (non-hydrogen) atoms. The van der Waals surface area contributed by atoms with Gasteiger partial charge in [-0.05, 0) is 13.2 Å². The molecule has 1 rings (SSSR count). The van der Waals surface area contributed by atoms with E-state index in [2.05, 4.69) is 9.97 Å². The average Bonchev–Trinajstić information content (AvgIpc) is 2.28. The molecule has 0 radical (unpaired) electrons. The van der Waals surface area contributed by atoms with Gasteiger partial charge >= 0.3 is 5.97 Å². The van der Waals surface area contributed by atoms with Crippen LogP contribution in [0.3, 0.4) is 0 Å². The van der Waals surface area contributed by atoms with Gasteiger partial charge in [0.1, 0.15) is 5.56 Å². The molecule has 0 amide bonds. The van der Waals surface area contributed by atoms with E-state index in [-0.39, 0.29) is 5.56 Å². The second-order valence-corrected chi connectivity index (χ2v) is 3.70. The minimum atomic E-state index is -0.470. The first-order chi connectivity index (χ1) is 7.60. The van der Waals surface area contributed by atoms with Gasteiger partial charge in [0.15, 0.2) is 11.0 Å². The Balaban J connectivity index is 3.12. The van der Waals surface area contributed by atoms with Crippen molar-refractivity contribution < 1.29 is 9.53 Å². The Kier molecular flexibility index (Phi) is 4.51. The number of nitrogens with zero attached hydrogens (tertiary/aromatic N) is 3. The number of hydrazine groups is 1. The van der Waals surface area contributed by atoms with Crippen LogP contribution in [-0.2, 0) is 4.74 Å². The third-order valence-corrected chi connectivity index (χ3v) is 2.32. The molecule has 1 heterocycles. The number of anilines is 1. The number of carbonyl (C=O) groups is 1. The fraction of sp³-hybridized carbons (Fsp3) is 0.444. The molecule has 0 atom stereocenters. The van der Waals surface area contributed by atoms with Crippen LogP contribution in [-0.4, -0.2) is 35.8 Å². The van der Waals surface area contributed by atoms with Gasteiger partial charge in [0.2, 0.25) is 0 Å². The summed E-state index contributed by atoms with van der Waals surface area (Å²) < 4.78 is 4.88. The van der Waals surface area contributed by atoms with Crippen LogP contribution >= 0.6 is 11.8 Å². The number of nitrogens with two attached hydrogens (primary N) is 1. The number of hydrogen-bond acceptors (Lipinski definition) is 7. The highest BCUT2D eigenvalue weighted by Gasteiger charge is 2.17. The van der Waals surface area contributed by atoms with E-state index in [4.69, 9.17) is 10.6 Å². The first kappa shape index (κ1) is 12.7. The molecular weight excluding hydrogens is 228 g/mol. The molecule has 1 aromatic rings. The molecule has 7 heteroatoms. The normalized spacial score (nSPS) is 10.0. The first-order valence-corrected chi connectivity index (χ1v) is 5.89. The second kappa shape index (κ2) is 5.66. The molecule has 0 aliphatic rings. The highest BCUT2D eigenvalue weighted by Crippen LogP contribution is 2.18. The maximum absolute atomic E-state index is 11.6. The third-order valence-electron chi connectivity index (χ3n) is 1.76. The largest absolute Gasteiger partial charge is 0.462 e. The van der Waals surface area contributed by atoms with E-state index in [0.29, 0.717) is 17.6 Å². The summed E-state index contributed by atoms with van der Waals surface area (Å²) in [6.07, 6.45) is 3.27. The van der Waals surface area contributed by atoms with Crippen molar-refractivity contribution in [2.24, 2.45) is 5.84 Å². The lowest BCUT2D eigenvalue weighted by Crippen LogP contribution is -2.29. The van der Waals surface area contributed by atoms with Crippen LogP contribution in [0.5, 0.6) is 0 Å². The summed E-state index contributed by atoms with van der Waals surface area (Å²) in [6, 6.07) is 0. The number of hydrogen-bond donors (Lipinski definition) is 1. The van der Waals surface area contributed by atoms with E-state index < -0.39 is 5.97 Å². The molecule has 2 N–H and O–H groups in total. The lowest BCUT2D eigenvalue weighted by Gasteiger charge is -2.14. The average molecular weight is 242 g/mol. The molecule has 0 aromatic carbocycles. The molecule has 88 valence electrons. The van der Waals surface area contributed by atoms with E-state index in [1.165, 1.54) is 23.0 Å². The summed E-state index contributed by atoms with van der Waals surface area (Å²) in [5, 5.41) is 1.83. The van der Waals surface area contributed by atoms with E-state index in [0.717, 1.165) is 0 Å². The summed E-state index contributed by atoms with van der Waals surface area (Å²) in [7, 11) is 1.61. The Morgan fingerprint density at radius 2 is 2.38 bits per heavy atom. The minimum absolute atomic E-state index is 0.268. The zero-order valence-corrected chi connectivity index (χ0v) is 10.2. The molecule has 0 bridgehead atoms. The zero-order chi connectivity index (χ0) is 12.1. The van der Waals surface area contributed by atoms with Crippen molar-refractivity contribution in [3.05, 3.63) is 11.8 Å². The molecular formula is C9H14N4O2S. The molecule has 0 saturated carbocycles. The minimum Gasteiger partial charge on any atom is -0.462 e. The Morgan fingerprint density at radius 1 is 1.69 bits per heavy atom. The topological polar surface area (TPSA) is 81.3 Å². The third kappa shape index (κ3) is 2.83. The maximum Gasteiger partial charge on any atom is 0.343 e. The Labute approximate surface area is 98.2 Å². The molecule has 0 saturated heterocycles. The Hall–Kier alpha value is -1.34. The number of aromatic nitrogens is 2. The van der Waals surface area contributed by atoms with Gasteiger partial charge in [-0.2, -0.15) is 0 Å². The molecule has 0 aliphatic heterocycles. The molecule has 1 aromatic heterocycles. The van der Waals surface area contributed by atoms with Crippen LogP contribution in [0.1, 0.15) is 17.3 Å². The van der Waals surface area contributed by atoms with Crippen molar-refractivity contribution in [2.75, 3.05) is 24.9 Å². The van der Waals surface area contributed by atoms with Gasteiger partial charge < -0.3 is 4.74 Å². The number of carbonyl (C=O) groups excluding carboxylic acids is 1.